The van der Waals surface area contributed by atoms with E-state index in [1.165, 1.54) is 37.8 Å². The highest BCUT2D eigenvalue weighted by atomic mass is 19.1. The Bertz CT molecular complexity index is 626. The van der Waals surface area contributed by atoms with Gasteiger partial charge in [0, 0.05) is 25.6 Å². The lowest BCUT2D eigenvalue weighted by atomic mass is 9.93. The molecular weight excluding hydrogens is 331 g/mol. The van der Waals surface area contributed by atoms with Gasteiger partial charge in [0.05, 0.1) is 5.92 Å². The molecule has 2 amide bonds. The summed E-state index contributed by atoms with van der Waals surface area (Å²) in [6.07, 6.45) is 8.72. The van der Waals surface area contributed by atoms with Crippen LogP contribution < -0.4 is 5.32 Å². The first-order valence-corrected chi connectivity index (χ1v) is 9.95. The van der Waals surface area contributed by atoms with E-state index in [0.717, 1.165) is 18.4 Å². The molecule has 3 rings (SSSR count). The van der Waals surface area contributed by atoms with Crippen molar-refractivity contribution < 1.29 is 14.0 Å². The molecular formula is C21H29FN2O2. The molecule has 26 heavy (non-hydrogen) atoms. The third-order valence-corrected chi connectivity index (χ3v) is 5.68. The highest BCUT2D eigenvalue weighted by molar-refractivity contribution is 5.84. The third kappa shape index (κ3) is 5.05. The first kappa shape index (κ1) is 18.9. The van der Waals surface area contributed by atoms with Crippen LogP contribution in [-0.2, 0) is 16.0 Å². The monoisotopic (exact) mass is 360 g/mol. The van der Waals surface area contributed by atoms with Crippen molar-refractivity contribution in [3.8, 4) is 0 Å². The molecule has 4 nitrogen and oxygen atoms in total. The SMILES string of the molecule is O=C(NCCc1cccc(F)c1)C1CCC(=O)N(C2CCCCCC2)C1. The Morgan fingerprint density at radius 2 is 1.92 bits per heavy atom. The predicted molar refractivity (Wildman–Crippen MR) is 99.0 cm³/mol. The van der Waals surface area contributed by atoms with Gasteiger partial charge in [-0.2, -0.15) is 0 Å². The summed E-state index contributed by atoms with van der Waals surface area (Å²) in [5, 5.41) is 2.97. The van der Waals surface area contributed by atoms with E-state index in [1.54, 1.807) is 6.07 Å². The molecule has 5 heteroatoms. The quantitative estimate of drug-likeness (QED) is 0.818. The van der Waals surface area contributed by atoms with E-state index >= 15 is 0 Å². The van der Waals surface area contributed by atoms with Gasteiger partial charge in [-0.05, 0) is 43.4 Å². The largest absolute Gasteiger partial charge is 0.355 e. The molecule has 142 valence electrons. The number of nitrogens with one attached hydrogen (secondary N) is 1. The lowest BCUT2D eigenvalue weighted by Crippen LogP contribution is -2.50. The van der Waals surface area contributed by atoms with Gasteiger partial charge in [0.25, 0.3) is 0 Å². The molecule has 2 aliphatic rings. The molecule has 2 fully saturated rings. The Labute approximate surface area is 155 Å². The number of nitrogens with zero attached hydrogens (tertiary/aromatic N) is 1. The molecule has 1 unspecified atom stereocenters. The number of amides is 2. The van der Waals surface area contributed by atoms with Crippen molar-refractivity contribution in [2.24, 2.45) is 5.92 Å². The van der Waals surface area contributed by atoms with Crippen LogP contribution in [0.15, 0.2) is 24.3 Å². The van der Waals surface area contributed by atoms with Crippen LogP contribution >= 0.6 is 0 Å². The van der Waals surface area contributed by atoms with Crippen LogP contribution in [0.2, 0.25) is 0 Å². The summed E-state index contributed by atoms with van der Waals surface area (Å²) >= 11 is 0. The van der Waals surface area contributed by atoms with Gasteiger partial charge < -0.3 is 10.2 Å². The van der Waals surface area contributed by atoms with Crippen LogP contribution in [0.25, 0.3) is 0 Å². The number of carbonyl (C=O) groups is 2. The van der Waals surface area contributed by atoms with Gasteiger partial charge in [-0.3, -0.25) is 9.59 Å². The van der Waals surface area contributed by atoms with Gasteiger partial charge in [-0.1, -0.05) is 37.8 Å². The Balaban J connectivity index is 1.49. The molecule has 1 aliphatic carbocycles. The average molecular weight is 360 g/mol. The molecule has 1 atom stereocenters. The fourth-order valence-corrected chi connectivity index (χ4v) is 4.17. The van der Waals surface area contributed by atoms with Crippen LogP contribution in [0.3, 0.4) is 0 Å². The van der Waals surface area contributed by atoms with Crippen molar-refractivity contribution in [2.75, 3.05) is 13.1 Å². The molecule has 1 heterocycles. The van der Waals surface area contributed by atoms with Crippen LogP contribution in [-0.4, -0.2) is 35.8 Å². The fourth-order valence-electron chi connectivity index (χ4n) is 4.17. The zero-order chi connectivity index (χ0) is 18.4. The summed E-state index contributed by atoms with van der Waals surface area (Å²) in [6, 6.07) is 6.78. The second kappa shape index (κ2) is 9.15. The Kier molecular flexibility index (Phi) is 6.64. The van der Waals surface area contributed by atoms with Gasteiger partial charge in [0.2, 0.25) is 11.8 Å². The summed E-state index contributed by atoms with van der Waals surface area (Å²) in [4.78, 5) is 26.9. The standard InChI is InChI=1S/C21H29FN2O2/c22-18-7-5-6-16(14-18)12-13-23-21(26)17-10-11-20(25)24(15-17)19-8-3-1-2-4-9-19/h5-7,14,17,19H,1-4,8-13,15H2,(H,23,26). The van der Waals surface area contributed by atoms with Gasteiger partial charge >= 0.3 is 0 Å². The molecule has 1 aromatic rings. The highest BCUT2D eigenvalue weighted by Gasteiger charge is 2.34. The van der Waals surface area contributed by atoms with E-state index in [0.29, 0.717) is 38.4 Å². The summed E-state index contributed by atoms with van der Waals surface area (Å²) in [6.45, 7) is 1.05. The van der Waals surface area contributed by atoms with E-state index < -0.39 is 0 Å². The van der Waals surface area contributed by atoms with Gasteiger partial charge in [0.1, 0.15) is 5.82 Å². The Morgan fingerprint density at radius 1 is 1.15 bits per heavy atom. The third-order valence-electron chi connectivity index (χ3n) is 5.68. The number of halogens is 1. The van der Waals surface area contributed by atoms with Gasteiger partial charge in [-0.25, -0.2) is 4.39 Å². The fraction of sp³-hybridized carbons (Fsp3) is 0.619. The molecule has 1 saturated carbocycles. The number of hydrogen-bond donors (Lipinski definition) is 1. The molecule has 0 spiro atoms. The van der Waals surface area contributed by atoms with Crippen molar-refractivity contribution in [3.05, 3.63) is 35.6 Å². The lowest BCUT2D eigenvalue weighted by molar-refractivity contribution is -0.141. The predicted octanol–water partition coefficient (Wildman–Crippen LogP) is 3.45. The van der Waals surface area contributed by atoms with Gasteiger partial charge in [-0.15, -0.1) is 0 Å². The summed E-state index contributed by atoms with van der Waals surface area (Å²) in [7, 11) is 0. The molecule has 1 saturated heterocycles. The number of likely N-dealkylation sites (tertiary alicyclic amines) is 1. The smallest absolute Gasteiger partial charge is 0.224 e. The Hall–Kier alpha value is -1.91. The van der Waals surface area contributed by atoms with E-state index in [9.17, 15) is 14.0 Å². The minimum absolute atomic E-state index is 0.0209. The first-order valence-electron chi connectivity index (χ1n) is 9.95. The van der Waals surface area contributed by atoms with E-state index in [-0.39, 0.29) is 23.5 Å². The van der Waals surface area contributed by atoms with Crippen LogP contribution in [0.5, 0.6) is 0 Å². The molecule has 1 N–H and O–H groups in total. The maximum atomic E-state index is 13.2. The molecule has 1 aliphatic heterocycles. The maximum Gasteiger partial charge on any atom is 0.224 e. The number of rotatable bonds is 5. The van der Waals surface area contributed by atoms with Crippen molar-refractivity contribution in [3.63, 3.8) is 0 Å². The van der Waals surface area contributed by atoms with Crippen molar-refractivity contribution in [1.82, 2.24) is 10.2 Å². The Morgan fingerprint density at radius 3 is 2.65 bits per heavy atom. The van der Waals surface area contributed by atoms with Crippen LogP contribution in [0.4, 0.5) is 4.39 Å². The minimum atomic E-state index is -0.251. The molecule has 0 aromatic heterocycles. The van der Waals surface area contributed by atoms with Crippen molar-refractivity contribution >= 4 is 11.8 Å². The van der Waals surface area contributed by atoms with E-state index in [4.69, 9.17) is 0 Å². The minimum Gasteiger partial charge on any atom is -0.355 e. The number of piperidine rings is 1. The maximum absolute atomic E-state index is 13.2. The highest BCUT2D eigenvalue weighted by Crippen LogP contribution is 2.27. The zero-order valence-electron chi connectivity index (χ0n) is 15.4. The lowest BCUT2D eigenvalue weighted by Gasteiger charge is -2.37. The summed E-state index contributed by atoms with van der Waals surface area (Å²) < 4.78 is 13.2. The summed E-state index contributed by atoms with van der Waals surface area (Å²) in [5.41, 5.74) is 0.879. The second-order valence-electron chi connectivity index (χ2n) is 7.60. The number of benzene rings is 1. The molecule has 0 radical (unpaired) electrons. The van der Waals surface area contributed by atoms with Crippen molar-refractivity contribution in [1.29, 1.82) is 0 Å². The number of carbonyl (C=O) groups excluding carboxylic acids is 2. The van der Waals surface area contributed by atoms with Crippen molar-refractivity contribution in [2.45, 2.75) is 63.8 Å². The van der Waals surface area contributed by atoms with Crippen LogP contribution in [0, 0.1) is 11.7 Å². The zero-order valence-corrected chi connectivity index (χ0v) is 15.4. The van der Waals surface area contributed by atoms with Crippen LogP contribution in [0.1, 0.15) is 56.9 Å². The average Bonchev–Trinajstić information content (AvgIpc) is 2.91. The van der Waals surface area contributed by atoms with E-state index in [2.05, 4.69) is 5.32 Å². The van der Waals surface area contributed by atoms with E-state index in [1.807, 2.05) is 11.0 Å². The normalized spacial score (nSPS) is 22.1. The molecule has 0 bridgehead atoms. The first-order chi connectivity index (χ1) is 12.6. The van der Waals surface area contributed by atoms with Gasteiger partial charge in [0.15, 0.2) is 0 Å². The topological polar surface area (TPSA) is 49.4 Å². The second-order valence-corrected chi connectivity index (χ2v) is 7.60. The molecule has 1 aromatic carbocycles. The summed E-state index contributed by atoms with van der Waals surface area (Å²) in [5.74, 6) is -0.143. The number of hydrogen-bond acceptors (Lipinski definition) is 2.